The third-order valence-electron chi connectivity index (χ3n) is 1.70. The lowest BCUT2D eigenvalue weighted by Crippen LogP contribution is -1.88. The van der Waals surface area contributed by atoms with Crippen molar-refractivity contribution >= 4 is 0 Å². The van der Waals surface area contributed by atoms with E-state index in [2.05, 4.69) is 11.8 Å². The van der Waals surface area contributed by atoms with Crippen molar-refractivity contribution in [3.63, 3.8) is 0 Å². The second-order valence-electron chi connectivity index (χ2n) is 2.79. The lowest BCUT2D eigenvalue weighted by atomic mass is 10.1. The molecule has 1 rings (SSSR count). The smallest absolute Gasteiger partial charge is 0.138 e. The van der Waals surface area contributed by atoms with Gasteiger partial charge in [0.2, 0.25) is 0 Å². The maximum absolute atomic E-state index is 13.2. The van der Waals surface area contributed by atoms with E-state index >= 15 is 0 Å². The summed E-state index contributed by atoms with van der Waals surface area (Å²) < 4.78 is 13.2. The van der Waals surface area contributed by atoms with Gasteiger partial charge in [0.15, 0.2) is 0 Å². The molecule has 0 aliphatic carbocycles. The van der Waals surface area contributed by atoms with Crippen LogP contribution < -0.4 is 0 Å². The van der Waals surface area contributed by atoms with E-state index in [1.807, 2.05) is 12.1 Å². The Hall–Kier alpha value is -2.31. The molecule has 0 heterocycles. The van der Waals surface area contributed by atoms with E-state index in [9.17, 15) is 4.39 Å². The highest BCUT2D eigenvalue weighted by atomic mass is 19.1. The molecule has 72 valence electrons. The average Bonchev–Trinajstić information content (AvgIpc) is 2.23. The number of hydrogen-bond donors (Lipinski definition) is 0. The lowest BCUT2D eigenvalue weighted by Gasteiger charge is -1.97. The minimum atomic E-state index is -0.429. The van der Waals surface area contributed by atoms with Crippen LogP contribution in [0.4, 0.5) is 4.39 Å². The summed E-state index contributed by atoms with van der Waals surface area (Å²) in [5, 5.41) is 16.7. The van der Waals surface area contributed by atoms with Gasteiger partial charge in [0.05, 0.1) is 30.5 Å². The summed E-state index contributed by atoms with van der Waals surface area (Å²) in [4.78, 5) is 0. The fourth-order valence-corrected chi connectivity index (χ4v) is 1.05. The van der Waals surface area contributed by atoms with Gasteiger partial charge in [0, 0.05) is 0 Å². The van der Waals surface area contributed by atoms with Gasteiger partial charge in [0.25, 0.3) is 0 Å². The molecule has 0 aliphatic heterocycles. The third-order valence-corrected chi connectivity index (χ3v) is 1.70. The highest BCUT2D eigenvalue weighted by Crippen LogP contribution is 2.09. The molecule has 0 bridgehead atoms. The molecular weight excluding hydrogens is 191 g/mol. The van der Waals surface area contributed by atoms with Gasteiger partial charge in [-0.15, -0.1) is 0 Å². The Labute approximate surface area is 87.6 Å². The van der Waals surface area contributed by atoms with Gasteiger partial charge < -0.3 is 0 Å². The first-order valence-corrected chi connectivity index (χ1v) is 4.29. The Morgan fingerprint density at radius 3 is 2.67 bits per heavy atom. The average molecular weight is 198 g/mol. The van der Waals surface area contributed by atoms with Crippen LogP contribution in [0.15, 0.2) is 18.2 Å². The van der Waals surface area contributed by atoms with E-state index < -0.39 is 5.82 Å². The Morgan fingerprint density at radius 2 is 2.00 bits per heavy atom. The third kappa shape index (κ3) is 3.14. The predicted octanol–water partition coefficient (Wildman–Crippen LogP) is 2.16. The molecule has 0 amide bonds. The first kappa shape index (κ1) is 10.8. The summed E-state index contributed by atoms with van der Waals surface area (Å²) in [5.41, 5.74) is 0.957. The van der Waals surface area contributed by atoms with Crippen LogP contribution in [0.3, 0.4) is 0 Å². The van der Waals surface area contributed by atoms with Crippen molar-refractivity contribution in [2.45, 2.75) is 12.8 Å². The first-order valence-electron chi connectivity index (χ1n) is 4.29. The van der Waals surface area contributed by atoms with Gasteiger partial charge in [0.1, 0.15) is 5.82 Å². The molecule has 0 atom stereocenters. The van der Waals surface area contributed by atoms with Crippen LogP contribution in [0.2, 0.25) is 0 Å². The highest BCUT2D eigenvalue weighted by Gasteiger charge is 2.00. The van der Waals surface area contributed by atoms with Crippen molar-refractivity contribution in [2.24, 2.45) is 0 Å². The summed E-state index contributed by atoms with van der Waals surface area (Å²) in [5.74, 6) is 4.65. The minimum absolute atomic E-state index is 0.0713. The fraction of sp³-hybridized carbons (Fsp3) is 0.167. The Kier molecular flexibility index (Phi) is 3.90. The molecule has 0 spiro atoms. The second-order valence-corrected chi connectivity index (χ2v) is 2.79. The molecule has 0 N–H and O–H groups in total. The van der Waals surface area contributed by atoms with Crippen LogP contribution in [0.25, 0.3) is 0 Å². The van der Waals surface area contributed by atoms with Crippen LogP contribution in [0, 0.1) is 40.3 Å². The van der Waals surface area contributed by atoms with E-state index in [-0.39, 0.29) is 18.4 Å². The van der Waals surface area contributed by atoms with E-state index in [1.165, 1.54) is 12.1 Å². The van der Waals surface area contributed by atoms with Crippen molar-refractivity contribution in [3.05, 3.63) is 35.1 Å². The van der Waals surface area contributed by atoms with Gasteiger partial charge in [-0.25, -0.2) is 4.39 Å². The first-order chi connectivity index (χ1) is 7.27. The molecule has 3 heteroatoms. The molecule has 1 aromatic rings. The van der Waals surface area contributed by atoms with E-state index in [4.69, 9.17) is 10.5 Å². The zero-order chi connectivity index (χ0) is 11.1. The van der Waals surface area contributed by atoms with Crippen molar-refractivity contribution in [3.8, 4) is 24.0 Å². The number of nitrogens with zero attached hydrogens (tertiary/aromatic N) is 2. The Balaban J connectivity index is 2.99. The maximum atomic E-state index is 13.2. The maximum Gasteiger partial charge on any atom is 0.138 e. The number of nitriles is 2. The number of halogens is 1. The van der Waals surface area contributed by atoms with Crippen molar-refractivity contribution < 1.29 is 4.39 Å². The lowest BCUT2D eigenvalue weighted by molar-refractivity contribution is 0.623. The van der Waals surface area contributed by atoms with Crippen LogP contribution in [0.1, 0.15) is 17.5 Å². The van der Waals surface area contributed by atoms with E-state index in [1.54, 1.807) is 6.07 Å². The number of benzene rings is 1. The molecular formula is C12H7FN2. The van der Waals surface area contributed by atoms with Gasteiger partial charge in [-0.2, -0.15) is 10.5 Å². The van der Waals surface area contributed by atoms with Crippen LogP contribution >= 0.6 is 0 Å². The summed E-state index contributed by atoms with van der Waals surface area (Å²) in [6, 6.07) is 8.18. The second kappa shape index (κ2) is 5.43. The van der Waals surface area contributed by atoms with Crippen molar-refractivity contribution in [1.29, 1.82) is 10.5 Å². The van der Waals surface area contributed by atoms with E-state index in [0.717, 1.165) is 5.56 Å². The molecule has 2 nitrogen and oxygen atoms in total. The van der Waals surface area contributed by atoms with Gasteiger partial charge in [-0.05, 0) is 17.7 Å². The topological polar surface area (TPSA) is 47.6 Å². The predicted molar refractivity (Wildman–Crippen MR) is 52.8 cm³/mol. The fourth-order valence-electron chi connectivity index (χ4n) is 1.05. The Morgan fingerprint density at radius 1 is 1.20 bits per heavy atom. The molecule has 0 aliphatic rings. The minimum Gasteiger partial charge on any atom is -0.206 e. The molecule has 0 saturated heterocycles. The molecule has 0 aromatic heterocycles. The zero-order valence-electron chi connectivity index (χ0n) is 7.92. The quantitative estimate of drug-likeness (QED) is 0.649. The molecule has 0 fully saturated rings. The Bertz CT molecular complexity index is 495. The highest BCUT2D eigenvalue weighted by molar-refractivity contribution is 5.39. The van der Waals surface area contributed by atoms with Gasteiger partial charge in [-0.3, -0.25) is 0 Å². The molecule has 15 heavy (non-hydrogen) atoms. The van der Waals surface area contributed by atoms with Crippen LogP contribution in [0.5, 0.6) is 0 Å². The molecule has 0 radical (unpaired) electrons. The largest absolute Gasteiger partial charge is 0.206 e. The van der Waals surface area contributed by atoms with Crippen molar-refractivity contribution in [2.75, 3.05) is 0 Å². The number of rotatable bonds is 1. The molecule has 0 saturated carbocycles. The summed E-state index contributed by atoms with van der Waals surface area (Å²) >= 11 is 0. The van der Waals surface area contributed by atoms with Gasteiger partial charge >= 0.3 is 0 Å². The van der Waals surface area contributed by atoms with E-state index in [0.29, 0.717) is 0 Å². The SMILES string of the molecule is N#CCC#Cc1cc(CC#N)ccc1F. The summed E-state index contributed by atoms with van der Waals surface area (Å²) in [6.45, 7) is 0. The summed E-state index contributed by atoms with van der Waals surface area (Å²) in [7, 11) is 0. The number of hydrogen-bond acceptors (Lipinski definition) is 2. The molecule has 1 aromatic carbocycles. The van der Waals surface area contributed by atoms with Crippen LogP contribution in [-0.4, -0.2) is 0 Å². The molecule has 0 unspecified atom stereocenters. The zero-order valence-corrected chi connectivity index (χ0v) is 7.92. The van der Waals surface area contributed by atoms with Crippen LogP contribution in [-0.2, 0) is 6.42 Å². The normalized spacial score (nSPS) is 8.20. The van der Waals surface area contributed by atoms with Crippen molar-refractivity contribution in [1.82, 2.24) is 0 Å². The van der Waals surface area contributed by atoms with Gasteiger partial charge in [-0.1, -0.05) is 17.9 Å². The standard InChI is InChI=1S/C12H7FN2/c13-12-5-4-10(6-8-15)9-11(12)3-1-2-7-14/h4-5,9H,2,6H2. The monoisotopic (exact) mass is 198 g/mol. The summed E-state index contributed by atoms with van der Waals surface area (Å²) in [6.07, 6.45) is 0.301.